The van der Waals surface area contributed by atoms with Crippen LogP contribution in [0.1, 0.15) is 25.0 Å². The van der Waals surface area contributed by atoms with Gasteiger partial charge in [0.1, 0.15) is 22.3 Å². The van der Waals surface area contributed by atoms with E-state index in [9.17, 15) is 0 Å². The molecule has 7 aromatic carbocycles. The number of benzene rings is 7. The minimum Gasteiger partial charge on any atom is -0.456 e. The second-order valence-corrected chi connectivity index (χ2v) is 13.7. The van der Waals surface area contributed by atoms with Crippen LogP contribution in [0.15, 0.2) is 148 Å². The molecule has 0 saturated heterocycles. The molecule has 10 aromatic rings. The number of nitrogens with zero attached hydrogens (tertiary/aromatic N) is 1. The van der Waals surface area contributed by atoms with Crippen molar-refractivity contribution < 1.29 is 8.83 Å². The standard InChI is InChI=1S/C45H29NO2/c1-45(2)37-12-6-3-9-29(37)32-22-33-30-10-4-7-13-39(30)46(40(33)24-38(32)45)28-18-15-26(16-19-28)27-17-20-42-34(21-27)36-23-35-31-11-5-8-14-41(31)47-43(35)25-44(36)48-42/h3-25H,1-2H3. The third kappa shape index (κ3) is 3.38. The maximum Gasteiger partial charge on any atom is 0.139 e. The highest BCUT2D eigenvalue weighted by Crippen LogP contribution is 2.51. The van der Waals surface area contributed by atoms with Crippen molar-refractivity contribution in [1.29, 1.82) is 0 Å². The van der Waals surface area contributed by atoms with Gasteiger partial charge in [-0.05, 0) is 88.0 Å². The Kier molecular flexibility index (Phi) is 4.91. The van der Waals surface area contributed by atoms with Crippen LogP contribution in [0.4, 0.5) is 0 Å². The van der Waals surface area contributed by atoms with E-state index in [1.54, 1.807) is 0 Å². The second kappa shape index (κ2) is 9.05. The molecule has 11 rings (SSSR count). The third-order valence-electron chi connectivity index (χ3n) is 10.8. The van der Waals surface area contributed by atoms with E-state index in [1.165, 1.54) is 49.6 Å². The lowest BCUT2D eigenvalue weighted by atomic mass is 9.82. The molecule has 0 amide bonds. The van der Waals surface area contributed by atoms with Gasteiger partial charge in [0, 0.05) is 49.5 Å². The molecule has 226 valence electrons. The summed E-state index contributed by atoms with van der Waals surface area (Å²) in [5, 5.41) is 7.01. The highest BCUT2D eigenvalue weighted by molar-refractivity contribution is 6.16. The maximum atomic E-state index is 6.30. The predicted molar refractivity (Wildman–Crippen MR) is 198 cm³/mol. The van der Waals surface area contributed by atoms with Crippen LogP contribution in [0.25, 0.3) is 93.6 Å². The van der Waals surface area contributed by atoms with E-state index in [1.807, 2.05) is 18.2 Å². The molecule has 0 bridgehead atoms. The lowest BCUT2D eigenvalue weighted by molar-refractivity contribution is 0.656. The molecule has 48 heavy (non-hydrogen) atoms. The first-order chi connectivity index (χ1) is 23.5. The molecule has 3 aromatic heterocycles. The van der Waals surface area contributed by atoms with Gasteiger partial charge in [0.25, 0.3) is 0 Å². The molecule has 0 spiro atoms. The Labute approximate surface area is 276 Å². The summed E-state index contributed by atoms with van der Waals surface area (Å²) in [5.74, 6) is 0. The molecular weight excluding hydrogens is 587 g/mol. The zero-order valence-electron chi connectivity index (χ0n) is 26.5. The lowest BCUT2D eigenvalue weighted by Gasteiger charge is -2.21. The molecule has 0 aliphatic heterocycles. The number of aromatic nitrogens is 1. The van der Waals surface area contributed by atoms with Gasteiger partial charge in [-0.25, -0.2) is 0 Å². The van der Waals surface area contributed by atoms with E-state index in [-0.39, 0.29) is 5.41 Å². The van der Waals surface area contributed by atoms with Crippen LogP contribution < -0.4 is 0 Å². The summed E-state index contributed by atoms with van der Waals surface area (Å²) in [5.41, 5.74) is 14.8. The van der Waals surface area contributed by atoms with E-state index < -0.39 is 0 Å². The first-order valence-electron chi connectivity index (χ1n) is 16.6. The predicted octanol–water partition coefficient (Wildman–Crippen LogP) is 12.6. The lowest BCUT2D eigenvalue weighted by Crippen LogP contribution is -2.14. The van der Waals surface area contributed by atoms with Crippen LogP contribution in [-0.4, -0.2) is 4.57 Å². The van der Waals surface area contributed by atoms with Gasteiger partial charge in [0.05, 0.1) is 11.0 Å². The van der Waals surface area contributed by atoms with Crippen molar-refractivity contribution in [1.82, 2.24) is 4.57 Å². The van der Waals surface area contributed by atoms with Gasteiger partial charge in [-0.3, -0.25) is 0 Å². The fourth-order valence-corrected chi connectivity index (χ4v) is 8.42. The number of rotatable bonds is 2. The van der Waals surface area contributed by atoms with Crippen molar-refractivity contribution in [3.8, 4) is 27.9 Å². The van der Waals surface area contributed by atoms with Crippen LogP contribution in [0.3, 0.4) is 0 Å². The van der Waals surface area contributed by atoms with Crippen molar-refractivity contribution in [2.75, 3.05) is 0 Å². The molecule has 1 aliphatic carbocycles. The number of para-hydroxylation sites is 2. The van der Waals surface area contributed by atoms with Crippen molar-refractivity contribution in [2.24, 2.45) is 0 Å². The highest BCUT2D eigenvalue weighted by Gasteiger charge is 2.36. The fraction of sp³-hybridized carbons (Fsp3) is 0.0667. The summed E-state index contributed by atoms with van der Waals surface area (Å²) >= 11 is 0. The Morgan fingerprint density at radius 1 is 0.417 bits per heavy atom. The van der Waals surface area contributed by atoms with Gasteiger partial charge in [-0.1, -0.05) is 92.7 Å². The molecule has 1 aliphatic rings. The Morgan fingerprint density at radius 3 is 1.94 bits per heavy atom. The molecule has 3 heteroatoms. The quantitative estimate of drug-likeness (QED) is 0.194. The van der Waals surface area contributed by atoms with Crippen molar-refractivity contribution in [3.05, 3.63) is 151 Å². The zero-order chi connectivity index (χ0) is 31.7. The molecule has 0 N–H and O–H groups in total. The largest absolute Gasteiger partial charge is 0.456 e. The topological polar surface area (TPSA) is 31.2 Å². The zero-order valence-corrected chi connectivity index (χ0v) is 26.5. The van der Waals surface area contributed by atoms with Gasteiger partial charge in [0.2, 0.25) is 0 Å². The van der Waals surface area contributed by atoms with E-state index >= 15 is 0 Å². The second-order valence-electron chi connectivity index (χ2n) is 13.7. The summed E-state index contributed by atoms with van der Waals surface area (Å²) in [6.45, 7) is 4.71. The minimum absolute atomic E-state index is 0.0579. The number of fused-ring (bicyclic) bond motifs is 12. The molecule has 0 atom stereocenters. The molecule has 0 saturated carbocycles. The maximum absolute atomic E-state index is 6.30. The molecule has 0 radical (unpaired) electrons. The molecule has 0 unspecified atom stereocenters. The van der Waals surface area contributed by atoms with Crippen LogP contribution in [0, 0.1) is 0 Å². The summed E-state index contributed by atoms with van der Waals surface area (Å²) in [6, 6.07) is 50.5. The summed E-state index contributed by atoms with van der Waals surface area (Å²) < 4.78 is 14.9. The van der Waals surface area contributed by atoms with E-state index in [4.69, 9.17) is 8.83 Å². The minimum atomic E-state index is -0.0579. The number of hydrogen-bond acceptors (Lipinski definition) is 2. The molecule has 3 heterocycles. The fourth-order valence-electron chi connectivity index (χ4n) is 8.42. The Hall–Kier alpha value is -6.06. The molecule has 0 fully saturated rings. The van der Waals surface area contributed by atoms with Crippen molar-refractivity contribution >= 4 is 65.7 Å². The van der Waals surface area contributed by atoms with Gasteiger partial charge in [-0.15, -0.1) is 0 Å². The summed E-state index contributed by atoms with van der Waals surface area (Å²) in [6.07, 6.45) is 0. The first kappa shape index (κ1) is 26.1. The van der Waals surface area contributed by atoms with Crippen LogP contribution in [0.2, 0.25) is 0 Å². The number of furan rings is 2. The van der Waals surface area contributed by atoms with Gasteiger partial charge in [0.15, 0.2) is 0 Å². The smallest absolute Gasteiger partial charge is 0.139 e. The van der Waals surface area contributed by atoms with Gasteiger partial charge >= 0.3 is 0 Å². The Bertz CT molecular complexity index is 2970. The van der Waals surface area contributed by atoms with Crippen LogP contribution >= 0.6 is 0 Å². The normalized spacial score (nSPS) is 13.8. The Balaban J connectivity index is 1.05. The summed E-state index contributed by atoms with van der Waals surface area (Å²) in [7, 11) is 0. The van der Waals surface area contributed by atoms with Crippen molar-refractivity contribution in [2.45, 2.75) is 19.3 Å². The summed E-state index contributed by atoms with van der Waals surface area (Å²) in [4.78, 5) is 0. The average molecular weight is 616 g/mol. The van der Waals surface area contributed by atoms with E-state index in [0.717, 1.165) is 55.1 Å². The monoisotopic (exact) mass is 615 g/mol. The van der Waals surface area contributed by atoms with E-state index in [2.05, 4.69) is 140 Å². The number of hydrogen-bond donors (Lipinski definition) is 0. The molecule has 3 nitrogen and oxygen atoms in total. The first-order valence-corrected chi connectivity index (χ1v) is 16.6. The van der Waals surface area contributed by atoms with Crippen LogP contribution in [-0.2, 0) is 5.41 Å². The SMILES string of the molecule is CC1(C)c2ccccc2-c2cc3c4ccccc4n(-c4ccc(-c5ccc6oc7cc8oc9ccccc9c8cc7c6c5)cc4)c3cc21. The van der Waals surface area contributed by atoms with Crippen molar-refractivity contribution in [3.63, 3.8) is 0 Å². The van der Waals surface area contributed by atoms with Crippen LogP contribution in [0.5, 0.6) is 0 Å². The third-order valence-corrected chi connectivity index (χ3v) is 10.8. The molecular formula is C45H29NO2. The van der Waals surface area contributed by atoms with Gasteiger partial charge < -0.3 is 13.4 Å². The highest BCUT2D eigenvalue weighted by atomic mass is 16.3. The Morgan fingerprint density at radius 2 is 1.08 bits per heavy atom. The average Bonchev–Trinajstić information content (AvgIpc) is 3.83. The van der Waals surface area contributed by atoms with Gasteiger partial charge in [-0.2, -0.15) is 0 Å². The van der Waals surface area contributed by atoms with E-state index in [0.29, 0.717) is 0 Å².